The molecule has 2 heterocycles. The molecule has 0 radical (unpaired) electrons. The van der Waals surface area contributed by atoms with Gasteiger partial charge >= 0.3 is 5.97 Å². The van der Waals surface area contributed by atoms with Crippen LogP contribution in [0.4, 0.5) is 0 Å². The molecule has 0 aliphatic rings. The van der Waals surface area contributed by atoms with E-state index in [4.69, 9.17) is 4.74 Å². The minimum absolute atomic E-state index is 0.207. The first kappa shape index (κ1) is 21.2. The molecule has 0 N–H and O–H groups in total. The maximum absolute atomic E-state index is 12.5. The molecule has 30 heavy (non-hydrogen) atoms. The number of ketones is 1. The second-order valence-electron chi connectivity index (χ2n) is 7.13. The van der Waals surface area contributed by atoms with Crippen molar-refractivity contribution in [2.45, 2.75) is 40.3 Å². The third-order valence-electron chi connectivity index (χ3n) is 4.80. The van der Waals surface area contributed by atoms with E-state index in [-0.39, 0.29) is 12.4 Å². The maximum Gasteiger partial charge on any atom is 0.331 e. The van der Waals surface area contributed by atoms with Crippen LogP contribution in [0, 0.1) is 13.8 Å². The van der Waals surface area contributed by atoms with E-state index in [1.54, 1.807) is 10.9 Å². The van der Waals surface area contributed by atoms with Crippen LogP contribution in [0.25, 0.3) is 6.08 Å². The molecule has 0 spiro atoms. The summed E-state index contributed by atoms with van der Waals surface area (Å²) in [6, 6.07) is 11.7. The van der Waals surface area contributed by atoms with Gasteiger partial charge in [-0.05, 0) is 38.0 Å². The second kappa shape index (κ2) is 9.82. The van der Waals surface area contributed by atoms with Gasteiger partial charge in [-0.3, -0.25) is 4.79 Å². The van der Waals surface area contributed by atoms with Crippen LogP contribution in [-0.4, -0.2) is 37.9 Å². The van der Waals surface area contributed by atoms with E-state index in [0.29, 0.717) is 17.8 Å². The van der Waals surface area contributed by atoms with Crippen molar-refractivity contribution in [3.63, 3.8) is 0 Å². The molecule has 0 aliphatic heterocycles. The van der Waals surface area contributed by atoms with Crippen LogP contribution in [0.2, 0.25) is 0 Å². The van der Waals surface area contributed by atoms with Gasteiger partial charge in [-0.2, -0.15) is 0 Å². The summed E-state index contributed by atoms with van der Waals surface area (Å²) in [4.78, 5) is 24.4. The normalized spacial score (nSPS) is 11.2. The highest BCUT2D eigenvalue weighted by Crippen LogP contribution is 2.16. The van der Waals surface area contributed by atoms with E-state index >= 15 is 0 Å². The lowest BCUT2D eigenvalue weighted by atomic mass is 10.1. The lowest BCUT2D eigenvalue weighted by molar-refractivity contribution is -0.136. The van der Waals surface area contributed by atoms with Crippen LogP contribution in [-0.2, 0) is 22.6 Å². The van der Waals surface area contributed by atoms with Crippen molar-refractivity contribution in [2.24, 2.45) is 0 Å². The van der Waals surface area contributed by atoms with Gasteiger partial charge in [0, 0.05) is 29.6 Å². The van der Waals surface area contributed by atoms with Gasteiger partial charge in [0.2, 0.25) is 5.78 Å². The Labute approximate surface area is 176 Å². The van der Waals surface area contributed by atoms with E-state index in [2.05, 4.69) is 21.8 Å². The molecule has 0 bridgehead atoms. The third-order valence-corrected chi connectivity index (χ3v) is 4.80. The number of benzene rings is 1. The van der Waals surface area contributed by atoms with Gasteiger partial charge in [-0.1, -0.05) is 42.5 Å². The van der Waals surface area contributed by atoms with Crippen LogP contribution in [0.5, 0.6) is 0 Å². The topological polar surface area (TPSA) is 79.0 Å². The smallest absolute Gasteiger partial charge is 0.331 e. The Kier molecular flexibility index (Phi) is 6.95. The van der Waals surface area contributed by atoms with E-state index in [0.717, 1.165) is 29.9 Å². The number of nitrogens with zero attached hydrogens (tertiary/aromatic N) is 4. The molecule has 0 saturated heterocycles. The van der Waals surface area contributed by atoms with E-state index < -0.39 is 5.97 Å². The number of esters is 1. The first-order valence-corrected chi connectivity index (χ1v) is 9.96. The van der Waals surface area contributed by atoms with Crippen molar-refractivity contribution in [3.8, 4) is 0 Å². The number of ether oxygens (including phenoxy) is 1. The second-order valence-corrected chi connectivity index (χ2v) is 7.13. The molecule has 0 unspecified atom stereocenters. The summed E-state index contributed by atoms with van der Waals surface area (Å²) in [5.74, 6) is -0.802. The number of carbonyl (C=O) groups excluding carboxylic acids is 2. The van der Waals surface area contributed by atoms with Crippen LogP contribution < -0.4 is 0 Å². The zero-order valence-electron chi connectivity index (χ0n) is 17.5. The Morgan fingerprint density at radius 2 is 1.93 bits per heavy atom. The van der Waals surface area contributed by atoms with Crippen molar-refractivity contribution in [1.82, 2.24) is 19.6 Å². The molecule has 2 aromatic heterocycles. The summed E-state index contributed by atoms with van der Waals surface area (Å²) in [6.45, 7) is 7.14. The van der Waals surface area contributed by atoms with Crippen molar-refractivity contribution >= 4 is 17.8 Å². The Morgan fingerprint density at radius 3 is 2.67 bits per heavy atom. The minimum Gasteiger partial charge on any atom is -0.454 e. The highest BCUT2D eigenvalue weighted by atomic mass is 16.5. The highest BCUT2D eigenvalue weighted by molar-refractivity contribution is 6.00. The van der Waals surface area contributed by atoms with Crippen LogP contribution in [0.1, 0.15) is 46.3 Å². The quantitative estimate of drug-likeness (QED) is 0.308. The first-order valence-electron chi connectivity index (χ1n) is 9.96. The molecular weight excluding hydrogens is 380 g/mol. The summed E-state index contributed by atoms with van der Waals surface area (Å²) in [5, 5.41) is 8.06. The molecule has 0 amide bonds. The van der Waals surface area contributed by atoms with Crippen molar-refractivity contribution in [2.75, 3.05) is 6.61 Å². The Morgan fingerprint density at radius 1 is 1.17 bits per heavy atom. The predicted octanol–water partition coefficient (Wildman–Crippen LogP) is 3.59. The van der Waals surface area contributed by atoms with Crippen LogP contribution >= 0.6 is 0 Å². The largest absolute Gasteiger partial charge is 0.454 e. The van der Waals surface area contributed by atoms with Gasteiger partial charge in [-0.15, -0.1) is 5.10 Å². The van der Waals surface area contributed by atoms with E-state index in [9.17, 15) is 9.59 Å². The number of aryl methyl sites for hydroxylation is 1. The number of rotatable bonds is 9. The molecule has 3 aromatic rings. The van der Waals surface area contributed by atoms with Crippen LogP contribution in [0.15, 0.2) is 48.7 Å². The lowest BCUT2D eigenvalue weighted by Gasteiger charge is -2.07. The number of hydrogen-bond acceptors (Lipinski definition) is 5. The molecule has 0 aliphatic carbocycles. The van der Waals surface area contributed by atoms with Gasteiger partial charge in [0.15, 0.2) is 6.61 Å². The van der Waals surface area contributed by atoms with Crippen molar-refractivity contribution < 1.29 is 14.3 Å². The highest BCUT2D eigenvalue weighted by Gasteiger charge is 2.16. The van der Waals surface area contributed by atoms with E-state index in [1.165, 1.54) is 12.2 Å². The average molecular weight is 406 g/mol. The number of aromatic nitrogens is 4. The Bertz CT molecular complexity index is 1050. The average Bonchev–Trinajstić information content (AvgIpc) is 3.30. The summed E-state index contributed by atoms with van der Waals surface area (Å²) in [5.41, 5.74) is 4.18. The molecular formula is C23H26N4O3. The zero-order valence-corrected chi connectivity index (χ0v) is 17.5. The van der Waals surface area contributed by atoms with Crippen LogP contribution in [0.3, 0.4) is 0 Å². The maximum atomic E-state index is 12.5. The molecule has 0 atom stereocenters. The van der Waals surface area contributed by atoms with E-state index in [1.807, 2.05) is 50.2 Å². The molecule has 0 saturated carbocycles. The van der Waals surface area contributed by atoms with Gasteiger partial charge in [-0.25, -0.2) is 9.48 Å². The molecule has 7 heteroatoms. The summed E-state index contributed by atoms with van der Waals surface area (Å²) >= 11 is 0. The zero-order chi connectivity index (χ0) is 21.5. The van der Waals surface area contributed by atoms with Crippen molar-refractivity contribution in [3.05, 3.63) is 76.9 Å². The Balaban J connectivity index is 1.53. The molecule has 3 rings (SSSR count). The summed E-state index contributed by atoms with van der Waals surface area (Å²) < 4.78 is 8.90. The van der Waals surface area contributed by atoms with Gasteiger partial charge in [0.05, 0.1) is 12.7 Å². The molecule has 156 valence electrons. The first-order chi connectivity index (χ1) is 14.5. The lowest BCUT2D eigenvalue weighted by Crippen LogP contribution is -2.13. The fourth-order valence-electron chi connectivity index (χ4n) is 3.30. The van der Waals surface area contributed by atoms with Crippen molar-refractivity contribution in [1.29, 1.82) is 0 Å². The predicted molar refractivity (Wildman–Crippen MR) is 114 cm³/mol. The standard InChI is InChI=1S/C23H26N4O3/c1-4-12-27-17(2)13-21(18(27)3)22(28)16-30-23(29)11-10-20-15-26(25-24-20)14-19-8-6-5-7-9-19/h5-11,13,15H,4,12,14,16H2,1-3H3/b11-10+. The van der Waals surface area contributed by atoms with Gasteiger partial charge in [0.25, 0.3) is 0 Å². The Hall–Kier alpha value is -3.48. The molecule has 7 nitrogen and oxygen atoms in total. The fraction of sp³-hybridized carbons (Fsp3) is 0.304. The molecule has 1 aromatic carbocycles. The van der Waals surface area contributed by atoms with Gasteiger partial charge < -0.3 is 9.30 Å². The summed E-state index contributed by atoms with van der Waals surface area (Å²) in [7, 11) is 0. The third kappa shape index (κ3) is 5.31. The number of Topliss-reactive ketones (excluding diaryl/α,β-unsaturated/α-hetero) is 1. The van der Waals surface area contributed by atoms with Gasteiger partial charge in [0.1, 0.15) is 5.69 Å². The fourth-order valence-corrected chi connectivity index (χ4v) is 3.30. The number of carbonyl (C=O) groups is 2. The molecule has 0 fully saturated rings. The number of hydrogen-bond donors (Lipinski definition) is 0. The SMILES string of the molecule is CCCn1c(C)cc(C(=O)COC(=O)/C=C/c2cn(Cc3ccccc3)nn2)c1C. The minimum atomic E-state index is -0.594. The summed E-state index contributed by atoms with van der Waals surface area (Å²) in [6.07, 6.45) is 5.50. The monoisotopic (exact) mass is 406 g/mol.